The Morgan fingerprint density at radius 3 is 2.31 bits per heavy atom. The van der Waals surface area contributed by atoms with E-state index in [0.29, 0.717) is 6.04 Å². The van der Waals surface area contributed by atoms with Gasteiger partial charge in [-0.1, -0.05) is 37.8 Å². The summed E-state index contributed by atoms with van der Waals surface area (Å²) >= 11 is 0. The monoisotopic (exact) mass is 380 g/mol. The molecule has 0 bridgehead atoms. The minimum atomic E-state index is -0.128. The summed E-state index contributed by atoms with van der Waals surface area (Å²) in [5.74, 6) is 2.60. The second-order valence-corrected chi connectivity index (χ2v) is 8.11. The zero-order valence-electron chi connectivity index (χ0n) is 15.8. The molecule has 0 radical (unpaired) electrons. The van der Waals surface area contributed by atoms with Crippen molar-refractivity contribution in [3.8, 4) is 5.75 Å². The molecule has 1 N–H and O–H groups in total. The number of benzene rings is 1. The van der Waals surface area contributed by atoms with Gasteiger partial charge in [-0.2, -0.15) is 0 Å². The summed E-state index contributed by atoms with van der Waals surface area (Å²) in [6, 6.07) is 8.67. The molecular formula is C21H33ClN2O2. The first-order valence-electron chi connectivity index (χ1n) is 10.1. The number of hydrogen-bond acceptors (Lipinski definition) is 4. The number of rotatable bonds is 3. The molecule has 0 spiro atoms. The van der Waals surface area contributed by atoms with Crippen LogP contribution in [0.15, 0.2) is 24.3 Å². The van der Waals surface area contributed by atoms with Gasteiger partial charge in [0.25, 0.3) is 0 Å². The predicted molar refractivity (Wildman–Crippen MR) is 109 cm³/mol. The number of aliphatic hydroxyl groups is 1. The number of fused-ring (bicyclic) bond motifs is 1. The van der Waals surface area contributed by atoms with Gasteiger partial charge in [-0.25, -0.2) is 0 Å². The van der Waals surface area contributed by atoms with Crippen LogP contribution in [0.25, 0.3) is 0 Å². The van der Waals surface area contributed by atoms with E-state index in [2.05, 4.69) is 21.9 Å². The number of nitrogens with zero attached hydrogens (tertiary/aromatic N) is 2. The number of hydrogen-bond donors (Lipinski definition) is 1. The first-order valence-corrected chi connectivity index (χ1v) is 10.1. The van der Waals surface area contributed by atoms with Crippen LogP contribution in [0.2, 0.25) is 0 Å². The minimum Gasteiger partial charge on any atom is -0.495 e. The lowest BCUT2D eigenvalue weighted by molar-refractivity contribution is -0.0332. The molecule has 3 fully saturated rings. The SMILES string of the molecule is COc1ccccc1N1CCN(C2CC3CCCCC3CC2O)CC1.Cl. The summed E-state index contributed by atoms with van der Waals surface area (Å²) in [5, 5.41) is 10.7. The lowest BCUT2D eigenvalue weighted by atomic mass is 9.68. The largest absolute Gasteiger partial charge is 0.495 e. The van der Waals surface area contributed by atoms with E-state index >= 15 is 0 Å². The van der Waals surface area contributed by atoms with Crippen LogP contribution in [-0.4, -0.2) is 55.4 Å². The second-order valence-electron chi connectivity index (χ2n) is 8.11. The van der Waals surface area contributed by atoms with Crippen molar-refractivity contribution in [1.82, 2.24) is 4.90 Å². The van der Waals surface area contributed by atoms with Crippen LogP contribution >= 0.6 is 12.4 Å². The van der Waals surface area contributed by atoms with E-state index in [4.69, 9.17) is 4.74 Å². The third-order valence-corrected chi connectivity index (χ3v) is 6.81. The molecule has 4 unspecified atom stereocenters. The molecule has 146 valence electrons. The van der Waals surface area contributed by atoms with Crippen LogP contribution in [0, 0.1) is 11.8 Å². The van der Waals surface area contributed by atoms with Crippen LogP contribution in [0.1, 0.15) is 38.5 Å². The summed E-state index contributed by atoms with van der Waals surface area (Å²) in [5.41, 5.74) is 1.20. The van der Waals surface area contributed by atoms with Gasteiger partial charge >= 0.3 is 0 Å². The molecular weight excluding hydrogens is 348 g/mol. The quantitative estimate of drug-likeness (QED) is 0.869. The standard InChI is InChI=1S/C21H32N2O2.ClH/c1-25-21-9-5-4-8-18(21)22-10-12-23(13-11-22)19-14-16-6-2-3-7-17(16)15-20(19)24;/h4-5,8-9,16-17,19-20,24H,2-3,6-7,10-15H2,1H3;1H. The van der Waals surface area contributed by atoms with Crippen LogP contribution < -0.4 is 9.64 Å². The Hall–Kier alpha value is -0.970. The van der Waals surface area contributed by atoms with Gasteiger partial charge in [-0.3, -0.25) is 4.90 Å². The van der Waals surface area contributed by atoms with Gasteiger partial charge in [0.2, 0.25) is 0 Å². The van der Waals surface area contributed by atoms with Gasteiger partial charge in [0.1, 0.15) is 5.75 Å². The Morgan fingerprint density at radius 2 is 1.62 bits per heavy atom. The van der Waals surface area contributed by atoms with E-state index in [-0.39, 0.29) is 18.5 Å². The highest BCUT2D eigenvalue weighted by atomic mass is 35.5. The van der Waals surface area contributed by atoms with Crippen LogP contribution in [0.4, 0.5) is 5.69 Å². The smallest absolute Gasteiger partial charge is 0.142 e. The molecule has 1 aliphatic heterocycles. The Morgan fingerprint density at radius 1 is 0.962 bits per heavy atom. The Labute approximate surface area is 163 Å². The summed E-state index contributed by atoms with van der Waals surface area (Å²) in [6.45, 7) is 4.10. The fourth-order valence-electron chi connectivity index (χ4n) is 5.42. The summed E-state index contributed by atoms with van der Waals surface area (Å²) in [4.78, 5) is 4.98. The minimum absolute atomic E-state index is 0. The van der Waals surface area contributed by atoms with Crippen molar-refractivity contribution >= 4 is 18.1 Å². The lowest BCUT2D eigenvalue weighted by Gasteiger charge is -2.48. The zero-order valence-corrected chi connectivity index (χ0v) is 16.7. The molecule has 3 aliphatic rings. The molecule has 1 heterocycles. The second kappa shape index (κ2) is 8.81. The number of methoxy groups -OCH3 is 1. The maximum atomic E-state index is 10.7. The van der Waals surface area contributed by atoms with E-state index in [1.54, 1.807) is 7.11 Å². The van der Waals surface area contributed by atoms with Crippen molar-refractivity contribution in [3.05, 3.63) is 24.3 Å². The van der Waals surface area contributed by atoms with E-state index in [9.17, 15) is 5.11 Å². The highest BCUT2D eigenvalue weighted by Gasteiger charge is 2.40. The van der Waals surface area contributed by atoms with Crippen molar-refractivity contribution < 1.29 is 9.84 Å². The predicted octanol–water partition coefficient (Wildman–Crippen LogP) is 3.57. The topological polar surface area (TPSA) is 35.9 Å². The molecule has 1 aromatic carbocycles. The Balaban J connectivity index is 0.00000196. The molecule has 26 heavy (non-hydrogen) atoms. The summed E-state index contributed by atoms with van der Waals surface area (Å²) in [7, 11) is 1.74. The van der Waals surface area contributed by atoms with Crippen molar-refractivity contribution in [2.75, 3.05) is 38.2 Å². The van der Waals surface area contributed by atoms with Gasteiger partial charge in [-0.05, 0) is 36.8 Å². The normalized spacial score (nSPS) is 32.5. The molecule has 4 rings (SSSR count). The van der Waals surface area contributed by atoms with Crippen molar-refractivity contribution in [2.24, 2.45) is 11.8 Å². The van der Waals surface area contributed by atoms with Crippen LogP contribution in [0.3, 0.4) is 0 Å². The van der Waals surface area contributed by atoms with E-state index in [1.807, 2.05) is 12.1 Å². The molecule has 1 aromatic rings. The van der Waals surface area contributed by atoms with Crippen molar-refractivity contribution in [3.63, 3.8) is 0 Å². The van der Waals surface area contributed by atoms with E-state index < -0.39 is 0 Å². The van der Waals surface area contributed by atoms with Gasteiger partial charge in [-0.15, -0.1) is 12.4 Å². The third kappa shape index (κ3) is 3.97. The number of ether oxygens (including phenoxy) is 1. The van der Waals surface area contributed by atoms with Gasteiger partial charge < -0.3 is 14.7 Å². The first kappa shape index (κ1) is 19.8. The van der Waals surface area contributed by atoms with Gasteiger partial charge in [0, 0.05) is 32.2 Å². The highest BCUT2D eigenvalue weighted by Crippen LogP contribution is 2.42. The Kier molecular flexibility index (Phi) is 6.70. The lowest BCUT2D eigenvalue weighted by Crippen LogP contribution is -2.56. The molecule has 2 aliphatic carbocycles. The van der Waals surface area contributed by atoms with Crippen LogP contribution in [0.5, 0.6) is 5.75 Å². The maximum absolute atomic E-state index is 10.7. The van der Waals surface area contributed by atoms with E-state index in [0.717, 1.165) is 50.2 Å². The fourth-order valence-corrected chi connectivity index (χ4v) is 5.42. The van der Waals surface area contributed by atoms with Crippen molar-refractivity contribution in [1.29, 1.82) is 0 Å². The average molecular weight is 381 g/mol. The van der Waals surface area contributed by atoms with Gasteiger partial charge in [0.15, 0.2) is 0 Å². The number of halogens is 1. The molecule has 4 atom stereocenters. The molecule has 4 nitrogen and oxygen atoms in total. The number of anilines is 1. The molecule has 2 saturated carbocycles. The third-order valence-electron chi connectivity index (χ3n) is 6.81. The maximum Gasteiger partial charge on any atom is 0.142 e. The number of para-hydroxylation sites is 2. The summed E-state index contributed by atoms with van der Waals surface area (Å²) < 4.78 is 5.52. The fraction of sp³-hybridized carbons (Fsp3) is 0.714. The molecule has 0 aromatic heterocycles. The molecule has 5 heteroatoms. The average Bonchev–Trinajstić information content (AvgIpc) is 2.67. The first-order chi connectivity index (χ1) is 12.3. The number of piperazine rings is 1. The highest BCUT2D eigenvalue weighted by molar-refractivity contribution is 5.85. The molecule has 1 saturated heterocycles. The van der Waals surface area contributed by atoms with E-state index in [1.165, 1.54) is 37.8 Å². The van der Waals surface area contributed by atoms with Gasteiger partial charge in [0.05, 0.1) is 18.9 Å². The summed E-state index contributed by atoms with van der Waals surface area (Å²) in [6.07, 6.45) is 7.60. The van der Waals surface area contributed by atoms with Crippen LogP contribution in [-0.2, 0) is 0 Å². The molecule has 0 amide bonds. The zero-order chi connectivity index (χ0) is 17.2. The number of aliphatic hydroxyl groups excluding tert-OH is 1. The Bertz CT molecular complexity index is 577. The van der Waals surface area contributed by atoms with Crippen molar-refractivity contribution in [2.45, 2.75) is 50.7 Å².